The van der Waals surface area contributed by atoms with Crippen molar-refractivity contribution in [2.75, 3.05) is 10.6 Å². The molecule has 3 N–H and O–H groups in total. The minimum absolute atomic E-state index is 0.100. The summed E-state index contributed by atoms with van der Waals surface area (Å²) in [7, 11) is 0. The van der Waals surface area contributed by atoms with Crippen LogP contribution in [0.15, 0.2) is 144 Å². The van der Waals surface area contributed by atoms with Crippen LogP contribution in [0.4, 0.5) is 10.8 Å². The topological polar surface area (TPSA) is 100 Å². The maximum atomic E-state index is 13.6. The lowest BCUT2D eigenvalue weighted by atomic mass is 10.0. The molecule has 1 aromatic heterocycles. The van der Waals surface area contributed by atoms with Gasteiger partial charge in [-0.3, -0.25) is 14.4 Å². The van der Waals surface area contributed by atoms with Crippen molar-refractivity contribution in [3.8, 4) is 22.4 Å². The molecule has 0 spiro atoms. The first kappa shape index (κ1) is 35.1. The SMILES string of the molecule is Cc1ccc(-c2nc(NC(=O)C(C)Sc3ccc(NC(=O)/C(=C/c4ccc(-c5ccccc5)cc4)NC(=O)c4ccccc4)cc3)sc2C)cc1. The quantitative estimate of drug-likeness (QED) is 0.0920. The summed E-state index contributed by atoms with van der Waals surface area (Å²) >= 11 is 2.86. The van der Waals surface area contributed by atoms with Gasteiger partial charge in [0.05, 0.1) is 10.9 Å². The molecule has 1 atom stereocenters. The Bertz CT molecular complexity index is 2160. The van der Waals surface area contributed by atoms with E-state index in [0.29, 0.717) is 16.4 Å². The molecule has 254 valence electrons. The van der Waals surface area contributed by atoms with Gasteiger partial charge in [0.15, 0.2) is 5.13 Å². The average molecular weight is 709 g/mol. The number of benzene rings is 5. The number of thioether (sulfide) groups is 1. The van der Waals surface area contributed by atoms with E-state index in [4.69, 9.17) is 0 Å². The van der Waals surface area contributed by atoms with Crippen LogP contribution in [-0.2, 0) is 9.59 Å². The first-order valence-electron chi connectivity index (χ1n) is 16.4. The normalized spacial score (nSPS) is 11.8. The number of aromatic nitrogens is 1. The fourth-order valence-electron chi connectivity index (χ4n) is 5.22. The standard InChI is InChI=1S/C42H36N4O3S2/c1-27-14-18-33(19-15-27)38-28(2)51-42(45-38)46-39(47)29(3)50-36-24-22-35(23-25-36)43-41(49)37(44-40(48)34-12-8-5-9-13-34)26-30-16-20-32(21-17-30)31-10-6-4-7-11-31/h4-26,29H,1-3H3,(H,43,49)(H,44,48)(H,45,46,47)/b37-26-. The molecule has 6 rings (SSSR count). The first-order valence-corrected chi connectivity index (χ1v) is 18.1. The molecule has 0 fully saturated rings. The number of aryl methyl sites for hydroxylation is 2. The molecule has 0 bridgehead atoms. The Labute approximate surface area is 305 Å². The van der Waals surface area contributed by atoms with E-state index in [-0.39, 0.29) is 11.6 Å². The number of nitrogens with one attached hydrogen (secondary N) is 3. The largest absolute Gasteiger partial charge is 0.321 e. The van der Waals surface area contributed by atoms with Crippen molar-refractivity contribution in [2.45, 2.75) is 30.9 Å². The zero-order chi connectivity index (χ0) is 35.7. The fourth-order valence-corrected chi connectivity index (χ4v) is 6.93. The monoisotopic (exact) mass is 708 g/mol. The molecule has 0 aliphatic rings. The molecule has 1 unspecified atom stereocenters. The smallest absolute Gasteiger partial charge is 0.272 e. The van der Waals surface area contributed by atoms with E-state index in [9.17, 15) is 14.4 Å². The van der Waals surface area contributed by atoms with Crippen LogP contribution in [0, 0.1) is 13.8 Å². The van der Waals surface area contributed by atoms with Gasteiger partial charge in [0.2, 0.25) is 5.91 Å². The van der Waals surface area contributed by atoms with Crippen LogP contribution in [0.2, 0.25) is 0 Å². The Morgan fingerprint density at radius 2 is 1.31 bits per heavy atom. The summed E-state index contributed by atoms with van der Waals surface area (Å²) in [5.74, 6) is -1.01. The average Bonchev–Trinajstić information content (AvgIpc) is 3.52. The first-order chi connectivity index (χ1) is 24.7. The van der Waals surface area contributed by atoms with Crippen LogP contribution in [0.3, 0.4) is 0 Å². The number of nitrogens with zero attached hydrogens (tertiary/aromatic N) is 1. The molecule has 0 aliphatic heterocycles. The van der Waals surface area contributed by atoms with E-state index in [2.05, 4.69) is 20.9 Å². The van der Waals surface area contributed by atoms with Crippen LogP contribution < -0.4 is 16.0 Å². The van der Waals surface area contributed by atoms with Gasteiger partial charge in [0, 0.05) is 26.6 Å². The molecule has 6 aromatic rings. The van der Waals surface area contributed by atoms with Crippen molar-refractivity contribution in [1.29, 1.82) is 0 Å². The van der Waals surface area contributed by atoms with Gasteiger partial charge in [-0.25, -0.2) is 4.98 Å². The minimum Gasteiger partial charge on any atom is -0.321 e. The fraction of sp³-hybridized carbons (Fsp3) is 0.0952. The molecule has 0 radical (unpaired) electrons. The predicted molar refractivity (Wildman–Crippen MR) is 210 cm³/mol. The number of rotatable bonds is 11. The molecule has 0 saturated heterocycles. The van der Waals surface area contributed by atoms with Crippen LogP contribution >= 0.6 is 23.1 Å². The van der Waals surface area contributed by atoms with Gasteiger partial charge in [0.1, 0.15) is 5.70 Å². The van der Waals surface area contributed by atoms with Crippen LogP contribution in [0.1, 0.15) is 33.3 Å². The molecular formula is C42H36N4O3S2. The van der Waals surface area contributed by atoms with Crippen LogP contribution in [0.5, 0.6) is 0 Å². The van der Waals surface area contributed by atoms with Crippen molar-refractivity contribution in [3.63, 3.8) is 0 Å². The molecule has 3 amide bonds. The van der Waals surface area contributed by atoms with Gasteiger partial charge in [-0.1, -0.05) is 103 Å². The minimum atomic E-state index is -0.469. The summed E-state index contributed by atoms with van der Waals surface area (Å²) < 4.78 is 0. The highest BCUT2D eigenvalue weighted by Crippen LogP contribution is 2.32. The second-order valence-corrected chi connectivity index (χ2v) is 14.5. The highest BCUT2D eigenvalue weighted by Gasteiger charge is 2.19. The van der Waals surface area contributed by atoms with Crippen LogP contribution in [0.25, 0.3) is 28.5 Å². The number of hydrogen-bond acceptors (Lipinski definition) is 6. The summed E-state index contributed by atoms with van der Waals surface area (Å²) in [4.78, 5) is 46.3. The van der Waals surface area contributed by atoms with E-state index in [1.807, 2.05) is 118 Å². The van der Waals surface area contributed by atoms with Gasteiger partial charge < -0.3 is 16.0 Å². The van der Waals surface area contributed by atoms with Crippen molar-refractivity contribution in [2.24, 2.45) is 0 Å². The molecule has 0 saturated carbocycles. The number of anilines is 2. The van der Waals surface area contributed by atoms with Gasteiger partial charge in [-0.05, 0) is 79.9 Å². The molecular weight excluding hydrogens is 673 g/mol. The maximum absolute atomic E-state index is 13.6. The highest BCUT2D eigenvalue weighted by molar-refractivity contribution is 8.00. The van der Waals surface area contributed by atoms with Crippen molar-refractivity contribution in [1.82, 2.24) is 10.3 Å². The zero-order valence-corrected chi connectivity index (χ0v) is 30.0. The Kier molecular flexibility index (Phi) is 11.2. The molecule has 7 nitrogen and oxygen atoms in total. The summed E-state index contributed by atoms with van der Waals surface area (Å²) in [6, 6.07) is 42.0. The van der Waals surface area contributed by atoms with Crippen molar-refractivity contribution < 1.29 is 14.4 Å². The number of carbonyl (C=O) groups excluding carboxylic acids is 3. The molecule has 0 aliphatic carbocycles. The van der Waals surface area contributed by atoms with Gasteiger partial charge >= 0.3 is 0 Å². The molecule has 9 heteroatoms. The Balaban J connectivity index is 1.11. The van der Waals surface area contributed by atoms with E-state index < -0.39 is 17.1 Å². The summed E-state index contributed by atoms with van der Waals surface area (Å²) in [5.41, 5.74) is 7.03. The Morgan fingerprint density at radius 3 is 1.98 bits per heavy atom. The second kappa shape index (κ2) is 16.3. The van der Waals surface area contributed by atoms with E-state index in [1.54, 1.807) is 42.5 Å². The highest BCUT2D eigenvalue weighted by atomic mass is 32.2. The third-order valence-electron chi connectivity index (χ3n) is 8.00. The van der Waals surface area contributed by atoms with E-state index in [0.717, 1.165) is 37.7 Å². The molecule has 1 heterocycles. The molecule has 51 heavy (non-hydrogen) atoms. The van der Waals surface area contributed by atoms with E-state index >= 15 is 0 Å². The van der Waals surface area contributed by atoms with E-state index in [1.165, 1.54) is 28.7 Å². The third kappa shape index (κ3) is 9.27. The Hall–Kier alpha value is -5.77. The molecule has 5 aromatic carbocycles. The van der Waals surface area contributed by atoms with Crippen molar-refractivity contribution in [3.05, 3.63) is 161 Å². The summed E-state index contributed by atoms with van der Waals surface area (Å²) in [6.45, 7) is 5.89. The zero-order valence-electron chi connectivity index (χ0n) is 28.3. The number of carbonyl (C=O) groups is 3. The summed E-state index contributed by atoms with van der Waals surface area (Å²) in [6.07, 6.45) is 1.66. The number of hydrogen-bond donors (Lipinski definition) is 3. The van der Waals surface area contributed by atoms with Crippen molar-refractivity contribution >= 4 is 57.7 Å². The van der Waals surface area contributed by atoms with Gasteiger partial charge in [-0.15, -0.1) is 23.1 Å². The summed E-state index contributed by atoms with van der Waals surface area (Å²) in [5, 5.41) is 8.82. The van der Waals surface area contributed by atoms with Gasteiger partial charge in [0.25, 0.3) is 11.8 Å². The third-order valence-corrected chi connectivity index (χ3v) is 10.0. The maximum Gasteiger partial charge on any atom is 0.272 e. The van der Waals surface area contributed by atoms with Gasteiger partial charge in [-0.2, -0.15) is 0 Å². The van der Waals surface area contributed by atoms with Crippen LogP contribution in [-0.4, -0.2) is 28.0 Å². The number of thiazole rings is 1. The second-order valence-electron chi connectivity index (χ2n) is 11.9. The lowest BCUT2D eigenvalue weighted by Gasteiger charge is -2.13. The predicted octanol–water partition coefficient (Wildman–Crippen LogP) is 9.62. The lowest BCUT2D eigenvalue weighted by molar-refractivity contribution is -0.115. The Morgan fingerprint density at radius 1 is 0.706 bits per heavy atom. The lowest BCUT2D eigenvalue weighted by Crippen LogP contribution is -2.30. The number of amides is 3.